The number of fused-ring (bicyclic) bond motifs is 1. The molecule has 0 spiro atoms. The number of aliphatic hydroxyl groups is 1. The molecule has 5 heteroatoms. The van der Waals surface area contributed by atoms with Crippen molar-refractivity contribution in [2.45, 2.75) is 6.10 Å². The molecule has 2 aromatic heterocycles. The van der Waals surface area contributed by atoms with Crippen molar-refractivity contribution < 1.29 is 18.7 Å². The number of halogens is 1. The van der Waals surface area contributed by atoms with Crippen LogP contribution >= 0.6 is 11.3 Å². The highest BCUT2D eigenvalue weighted by Crippen LogP contribution is 2.33. The molecule has 0 radical (unpaired) electrons. The fourth-order valence-corrected chi connectivity index (χ4v) is 2.74. The number of benzene rings is 1. The van der Waals surface area contributed by atoms with Gasteiger partial charge in [-0.15, -0.1) is 11.3 Å². The van der Waals surface area contributed by atoms with Crippen molar-refractivity contribution in [1.82, 2.24) is 0 Å². The van der Waals surface area contributed by atoms with Crippen LogP contribution < -0.4 is 4.74 Å². The molecule has 0 saturated carbocycles. The lowest BCUT2D eigenvalue weighted by Gasteiger charge is -2.03. The molecule has 19 heavy (non-hydrogen) atoms. The molecular formula is C14H11FO3S. The summed E-state index contributed by atoms with van der Waals surface area (Å²) in [7, 11) is 1.57. The molecule has 98 valence electrons. The van der Waals surface area contributed by atoms with Gasteiger partial charge in [0.2, 0.25) is 0 Å². The molecular weight excluding hydrogens is 267 g/mol. The molecule has 1 N–H and O–H groups in total. The summed E-state index contributed by atoms with van der Waals surface area (Å²) in [6, 6.07) is 7.66. The maximum Gasteiger partial charge on any atom is 0.146 e. The number of methoxy groups -OCH3 is 1. The number of hydrogen-bond donors (Lipinski definition) is 1. The first kappa shape index (κ1) is 12.2. The van der Waals surface area contributed by atoms with Crippen LogP contribution in [0.5, 0.6) is 5.75 Å². The Balaban J connectivity index is 1.98. The number of aliphatic hydroxyl groups excluding tert-OH is 1. The second kappa shape index (κ2) is 4.68. The highest BCUT2D eigenvalue weighted by Gasteiger charge is 2.18. The highest BCUT2D eigenvalue weighted by molar-refractivity contribution is 7.10. The Morgan fingerprint density at radius 1 is 1.32 bits per heavy atom. The van der Waals surface area contributed by atoms with Gasteiger partial charge in [0.1, 0.15) is 29.0 Å². The third kappa shape index (κ3) is 2.22. The van der Waals surface area contributed by atoms with Crippen LogP contribution in [-0.2, 0) is 0 Å². The molecule has 1 aromatic carbocycles. The molecule has 0 saturated heterocycles. The first-order valence-electron chi connectivity index (χ1n) is 5.67. The zero-order valence-corrected chi connectivity index (χ0v) is 10.9. The highest BCUT2D eigenvalue weighted by atomic mass is 32.1. The molecule has 0 fully saturated rings. The van der Waals surface area contributed by atoms with Crippen molar-refractivity contribution >= 4 is 22.3 Å². The van der Waals surface area contributed by atoms with E-state index in [1.54, 1.807) is 30.7 Å². The molecule has 0 bridgehead atoms. The minimum absolute atomic E-state index is 0.327. The van der Waals surface area contributed by atoms with Crippen LogP contribution in [0.15, 0.2) is 40.1 Å². The van der Waals surface area contributed by atoms with Crippen LogP contribution in [0.25, 0.3) is 11.0 Å². The van der Waals surface area contributed by atoms with Crippen LogP contribution in [0.1, 0.15) is 16.7 Å². The van der Waals surface area contributed by atoms with Gasteiger partial charge in [-0.05, 0) is 30.3 Å². The lowest BCUT2D eigenvalue weighted by molar-refractivity contribution is 0.195. The van der Waals surface area contributed by atoms with Gasteiger partial charge in [0.25, 0.3) is 0 Å². The van der Waals surface area contributed by atoms with E-state index in [0.717, 1.165) is 4.88 Å². The van der Waals surface area contributed by atoms with E-state index in [0.29, 0.717) is 22.5 Å². The van der Waals surface area contributed by atoms with Crippen LogP contribution in [-0.4, -0.2) is 12.2 Å². The molecule has 0 aliphatic carbocycles. The van der Waals surface area contributed by atoms with Gasteiger partial charge in [-0.3, -0.25) is 0 Å². The summed E-state index contributed by atoms with van der Waals surface area (Å²) in [5.41, 5.74) is 0.555. The Kier molecular flexibility index (Phi) is 3.00. The van der Waals surface area contributed by atoms with Gasteiger partial charge >= 0.3 is 0 Å². The lowest BCUT2D eigenvalue weighted by Crippen LogP contribution is -1.94. The van der Waals surface area contributed by atoms with Crippen molar-refractivity contribution in [3.8, 4) is 5.75 Å². The standard InChI is InChI=1S/C14H11FO3S/c1-17-10-6-13(19-7-10)14(16)12-5-8-4-9(15)2-3-11(8)18-12/h2-7,14,16H,1H3. The van der Waals surface area contributed by atoms with Crippen LogP contribution in [0.4, 0.5) is 4.39 Å². The van der Waals surface area contributed by atoms with Gasteiger partial charge in [0, 0.05) is 15.6 Å². The molecule has 0 aliphatic heterocycles. The van der Waals surface area contributed by atoms with Gasteiger partial charge in [-0.25, -0.2) is 4.39 Å². The van der Waals surface area contributed by atoms with Gasteiger partial charge in [0.15, 0.2) is 0 Å². The minimum atomic E-state index is -0.871. The number of furan rings is 1. The second-order valence-electron chi connectivity index (χ2n) is 4.12. The minimum Gasteiger partial charge on any atom is -0.496 e. The van der Waals surface area contributed by atoms with E-state index in [1.807, 2.05) is 0 Å². The number of rotatable bonds is 3. The summed E-state index contributed by atoms with van der Waals surface area (Å²) in [5.74, 6) is 0.762. The first-order valence-corrected chi connectivity index (χ1v) is 6.55. The topological polar surface area (TPSA) is 42.6 Å². The molecule has 2 heterocycles. The fourth-order valence-electron chi connectivity index (χ4n) is 1.89. The summed E-state index contributed by atoms with van der Waals surface area (Å²) in [4.78, 5) is 0.719. The number of ether oxygens (including phenoxy) is 1. The summed E-state index contributed by atoms with van der Waals surface area (Å²) >= 11 is 1.38. The van der Waals surface area contributed by atoms with Crippen molar-refractivity contribution in [2.75, 3.05) is 7.11 Å². The summed E-state index contributed by atoms with van der Waals surface area (Å²) in [6.07, 6.45) is -0.871. The van der Waals surface area contributed by atoms with E-state index in [1.165, 1.54) is 23.5 Å². The van der Waals surface area contributed by atoms with E-state index >= 15 is 0 Å². The molecule has 1 atom stereocenters. The van der Waals surface area contributed by atoms with E-state index < -0.39 is 6.10 Å². The number of hydrogen-bond acceptors (Lipinski definition) is 4. The summed E-state index contributed by atoms with van der Waals surface area (Å²) in [6.45, 7) is 0. The SMILES string of the molecule is COc1csc(C(O)c2cc3cc(F)ccc3o2)c1. The monoisotopic (exact) mass is 278 g/mol. The Hall–Kier alpha value is -1.85. The van der Waals surface area contributed by atoms with Crippen molar-refractivity contribution in [2.24, 2.45) is 0 Å². The molecule has 3 aromatic rings. The molecule has 0 aliphatic rings. The molecule has 1 unspecified atom stereocenters. The van der Waals surface area contributed by atoms with Crippen molar-refractivity contribution in [3.63, 3.8) is 0 Å². The van der Waals surface area contributed by atoms with Crippen LogP contribution in [0.3, 0.4) is 0 Å². The van der Waals surface area contributed by atoms with Crippen molar-refractivity contribution in [1.29, 1.82) is 0 Å². The van der Waals surface area contributed by atoms with E-state index in [2.05, 4.69) is 0 Å². The maximum atomic E-state index is 13.1. The van der Waals surface area contributed by atoms with E-state index in [9.17, 15) is 9.50 Å². The van der Waals surface area contributed by atoms with Crippen molar-refractivity contribution in [3.05, 3.63) is 52.2 Å². The fraction of sp³-hybridized carbons (Fsp3) is 0.143. The third-order valence-electron chi connectivity index (χ3n) is 2.87. The average molecular weight is 278 g/mol. The average Bonchev–Trinajstić information content (AvgIpc) is 3.03. The number of thiophene rings is 1. The van der Waals surface area contributed by atoms with Gasteiger partial charge < -0.3 is 14.3 Å². The maximum absolute atomic E-state index is 13.1. The smallest absolute Gasteiger partial charge is 0.146 e. The van der Waals surface area contributed by atoms with Gasteiger partial charge in [0.05, 0.1) is 7.11 Å². The predicted molar refractivity (Wildman–Crippen MR) is 71.1 cm³/mol. The van der Waals surface area contributed by atoms with Crippen LogP contribution in [0.2, 0.25) is 0 Å². The summed E-state index contributed by atoms with van der Waals surface area (Å²) < 4.78 is 23.7. The quantitative estimate of drug-likeness (QED) is 0.794. The molecule has 3 rings (SSSR count). The third-order valence-corrected chi connectivity index (χ3v) is 3.83. The lowest BCUT2D eigenvalue weighted by atomic mass is 10.2. The van der Waals surface area contributed by atoms with E-state index in [4.69, 9.17) is 9.15 Å². The largest absolute Gasteiger partial charge is 0.496 e. The Morgan fingerprint density at radius 3 is 2.89 bits per heavy atom. The normalized spacial score (nSPS) is 12.8. The Bertz CT molecular complexity index is 716. The molecule has 3 nitrogen and oxygen atoms in total. The molecule has 0 amide bonds. The summed E-state index contributed by atoms with van der Waals surface area (Å²) in [5, 5.41) is 12.7. The predicted octanol–water partition coefficient (Wildman–Crippen LogP) is 3.72. The Labute approximate surface area is 112 Å². The van der Waals surface area contributed by atoms with Gasteiger partial charge in [-0.1, -0.05) is 0 Å². The first-order chi connectivity index (χ1) is 9.17. The Morgan fingerprint density at radius 2 is 2.16 bits per heavy atom. The zero-order valence-electron chi connectivity index (χ0n) is 10.1. The van der Waals surface area contributed by atoms with Crippen LogP contribution in [0, 0.1) is 5.82 Å². The van der Waals surface area contributed by atoms with Gasteiger partial charge in [-0.2, -0.15) is 0 Å². The van der Waals surface area contributed by atoms with E-state index in [-0.39, 0.29) is 5.82 Å². The zero-order chi connectivity index (χ0) is 13.4. The second-order valence-corrected chi connectivity index (χ2v) is 5.07.